The molecule has 0 aliphatic carbocycles. The summed E-state index contributed by atoms with van der Waals surface area (Å²) in [7, 11) is 0. The van der Waals surface area contributed by atoms with Gasteiger partial charge in [0.15, 0.2) is 6.10 Å². The summed E-state index contributed by atoms with van der Waals surface area (Å²) in [5, 5.41) is 13.2. The minimum atomic E-state index is -0.924. The first-order valence-electron chi connectivity index (χ1n) is 6.89. The number of nitro groups is 1. The first-order valence-corrected chi connectivity index (χ1v) is 6.89. The maximum atomic E-state index is 12.2. The van der Waals surface area contributed by atoms with Crippen LogP contribution in [0.5, 0.6) is 0 Å². The fourth-order valence-electron chi connectivity index (χ4n) is 2.37. The number of nitrogens with one attached hydrogen (secondary N) is 1. The van der Waals surface area contributed by atoms with Crippen LogP contribution in [0.3, 0.4) is 0 Å². The number of rotatable bonds is 3. The number of benzene rings is 2. The Morgan fingerprint density at radius 1 is 1.17 bits per heavy atom. The average Bonchev–Trinajstić information content (AvgIpc) is 2.55. The maximum absolute atomic E-state index is 12.2. The van der Waals surface area contributed by atoms with E-state index in [9.17, 15) is 19.7 Å². The molecule has 0 spiro atoms. The van der Waals surface area contributed by atoms with Crippen molar-refractivity contribution < 1.29 is 19.2 Å². The zero-order chi connectivity index (χ0) is 16.4. The van der Waals surface area contributed by atoms with E-state index >= 15 is 0 Å². The van der Waals surface area contributed by atoms with Crippen molar-refractivity contribution >= 4 is 23.3 Å². The largest absolute Gasteiger partial charge is 0.448 e. The van der Waals surface area contributed by atoms with E-state index in [1.807, 2.05) is 0 Å². The molecule has 0 unspecified atom stereocenters. The highest BCUT2D eigenvalue weighted by atomic mass is 16.6. The van der Waals surface area contributed by atoms with E-state index in [0.29, 0.717) is 17.7 Å². The van der Waals surface area contributed by atoms with E-state index in [4.69, 9.17) is 4.74 Å². The second kappa shape index (κ2) is 5.88. The van der Waals surface area contributed by atoms with Gasteiger partial charge < -0.3 is 10.1 Å². The minimum Gasteiger partial charge on any atom is -0.448 e. The summed E-state index contributed by atoms with van der Waals surface area (Å²) < 4.78 is 5.15. The van der Waals surface area contributed by atoms with Crippen LogP contribution in [0.2, 0.25) is 0 Å². The molecule has 7 nitrogen and oxygen atoms in total. The van der Waals surface area contributed by atoms with Gasteiger partial charge in [0.2, 0.25) is 0 Å². The van der Waals surface area contributed by atoms with Crippen LogP contribution in [0, 0.1) is 10.1 Å². The normalized spacial score (nSPS) is 16.2. The van der Waals surface area contributed by atoms with Gasteiger partial charge in [0.05, 0.1) is 10.5 Å². The third-order valence-corrected chi connectivity index (χ3v) is 3.53. The number of hydrogen-bond acceptors (Lipinski definition) is 5. The maximum Gasteiger partial charge on any atom is 0.339 e. The van der Waals surface area contributed by atoms with Gasteiger partial charge >= 0.3 is 5.97 Å². The van der Waals surface area contributed by atoms with Gasteiger partial charge in [-0.3, -0.25) is 14.9 Å². The molecule has 0 aromatic heterocycles. The average molecular weight is 312 g/mol. The van der Waals surface area contributed by atoms with Crippen LogP contribution in [-0.2, 0) is 16.0 Å². The number of carbonyl (C=O) groups excluding carboxylic acids is 2. The molecular formula is C16H12N2O5. The van der Waals surface area contributed by atoms with Gasteiger partial charge in [-0.05, 0) is 23.8 Å². The number of non-ortho nitro benzene ring substituents is 1. The van der Waals surface area contributed by atoms with Gasteiger partial charge in [-0.2, -0.15) is 0 Å². The number of nitro benzene ring substituents is 1. The lowest BCUT2D eigenvalue weighted by Crippen LogP contribution is -2.37. The Morgan fingerprint density at radius 3 is 2.57 bits per heavy atom. The Kier molecular flexibility index (Phi) is 3.76. The summed E-state index contributed by atoms with van der Waals surface area (Å²) in [6, 6.07) is 12.4. The summed E-state index contributed by atoms with van der Waals surface area (Å²) in [6.07, 6.45) is -0.631. The van der Waals surface area contributed by atoms with Gasteiger partial charge in [-0.1, -0.05) is 18.2 Å². The van der Waals surface area contributed by atoms with Crippen LogP contribution in [0.4, 0.5) is 11.4 Å². The molecular weight excluding hydrogens is 300 g/mol. The molecule has 3 rings (SSSR count). The Hall–Kier alpha value is -3.22. The SMILES string of the molecule is O=C1O[C@@H](C(=O)Nc2ccc([N+](=O)[O-])cc2)Cc2ccccc21. The van der Waals surface area contributed by atoms with E-state index in [0.717, 1.165) is 5.56 Å². The molecule has 1 N–H and O–H groups in total. The Bertz CT molecular complexity index is 785. The number of esters is 1. The van der Waals surface area contributed by atoms with Crippen molar-refractivity contribution in [2.24, 2.45) is 0 Å². The molecule has 0 saturated heterocycles. The monoisotopic (exact) mass is 312 g/mol. The number of fused-ring (bicyclic) bond motifs is 1. The molecule has 0 bridgehead atoms. The molecule has 0 fully saturated rings. The Labute approximate surface area is 131 Å². The van der Waals surface area contributed by atoms with Crippen LogP contribution >= 0.6 is 0 Å². The zero-order valence-electron chi connectivity index (χ0n) is 11.9. The fourth-order valence-corrected chi connectivity index (χ4v) is 2.37. The number of amides is 1. The summed E-state index contributed by atoms with van der Waals surface area (Å²) in [4.78, 5) is 34.2. The number of nitrogens with zero attached hydrogens (tertiary/aromatic N) is 1. The summed E-state index contributed by atoms with van der Waals surface area (Å²) in [5.74, 6) is -1.00. The van der Waals surface area contributed by atoms with Crippen molar-refractivity contribution in [2.45, 2.75) is 12.5 Å². The number of hydrogen-bond donors (Lipinski definition) is 1. The third kappa shape index (κ3) is 3.03. The zero-order valence-corrected chi connectivity index (χ0v) is 11.9. The molecule has 2 aromatic rings. The van der Waals surface area contributed by atoms with Crippen LogP contribution in [0.15, 0.2) is 48.5 Å². The van der Waals surface area contributed by atoms with Crippen molar-refractivity contribution in [1.82, 2.24) is 0 Å². The first-order chi connectivity index (χ1) is 11.0. The summed E-state index contributed by atoms with van der Waals surface area (Å²) in [6.45, 7) is 0. The standard InChI is InChI=1S/C16H12N2O5/c19-15(17-11-5-7-12(8-6-11)18(21)22)14-9-10-3-1-2-4-13(10)16(20)23-14/h1-8,14H,9H2,(H,17,19)/t14-/m1/s1. The van der Waals surface area contributed by atoms with E-state index in [2.05, 4.69) is 5.32 Å². The molecule has 0 saturated carbocycles. The predicted octanol–water partition coefficient (Wildman–Crippen LogP) is 2.32. The van der Waals surface area contributed by atoms with Crippen LogP contribution < -0.4 is 5.32 Å². The number of anilines is 1. The van der Waals surface area contributed by atoms with Crippen molar-refractivity contribution in [3.05, 3.63) is 69.8 Å². The van der Waals surface area contributed by atoms with Crippen molar-refractivity contribution in [3.8, 4) is 0 Å². The number of carbonyl (C=O) groups is 2. The second-order valence-corrected chi connectivity index (χ2v) is 5.05. The molecule has 1 atom stereocenters. The van der Waals surface area contributed by atoms with Crippen LogP contribution in [-0.4, -0.2) is 22.9 Å². The molecule has 23 heavy (non-hydrogen) atoms. The molecule has 1 heterocycles. The molecule has 116 valence electrons. The molecule has 1 aliphatic heterocycles. The third-order valence-electron chi connectivity index (χ3n) is 3.53. The van der Waals surface area contributed by atoms with E-state index in [-0.39, 0.29) is 5.69 Å². The van der Waals surface area contributed by atoms with E-state index in [1.54, 1.807) is 24.3 Å². The van der Waals surface area contributed by atoms with Crippen LogP contribution in [0.1, 0.15) is 15.9 Å². The van der Waals surface area contributed by atoms with Gasteiger partial charge in [-0.25, -0.2) is 4.79 Å². The van der Waals surface area contributed by atoms with Crippen molar-refractivity contribution in [3.63, 3.8) is 0 Å². The van der Waals surface area contributed by atoms with Gasteiger partial charge in [0.25, 0.3) is 11.6 Å². The summed E-state index contributed by atoms with van der Waals surface area (Å²) in [5.41, 5.74) is 1.55. The lowest BCUT2D eigenvalue weighted by atomic mass is 9.98. The molecule has 7 heteroatoms. The molecule has 0 radical (unpaired) electrons. The quantitative estimate of drug-likeness (QED) is 0.532. The number of ether oxygens (including phenoxy) is 1. The highest BCUT2D eigenvalue weighted by Crippen LogP contribution is 2.22. The lowest BCUT2D eigenvalue weighted by Gasteiger charge is -2.23. The van der Waals surface area contributed by atoms with Gasteiger partial charge in [-0.15, -0.1) is 0 Å². The van der Waals surface area contributed by atoms with Gasteiger partial charge in [0, 0.05) is 24.2 Å². The topological polar surface area (TPSA) is 98.5 Å². The lowest BCUT2D eigenvalue weighted by molar-refractivity contribution is -0.384. The smallest absolute Gasteiger partial charge is 0.339 e. The summed E-state index contributed by atoms with van der Waals surface area (Å²) >= 11 is 0. The Balaban J connectivity index is 1.72. The fraction of sp³-hybridized carbons (Fsp3) is 0.125. The van der Waals surface area contributed by atoms with Crippen LogP contribution in [0.25, 0.3) is 0 Å². The molecule has 1 aliphatic rings. The highest BCUT2D eigenvalue weighted by molar-refractivity contribution is 6.00. The molecule has 2 aromatic carbocycles. The van der Waals surface area contributed by atoms with Gasteiger partial charge in [0.1, 0.15) is 0 Å². The van der Waals surface area contributed by atoms with Crippen molar-refractivity contribution in [1.29, 1.82) is 0 Å². The number of cyclic esters (lactones) is 1. The first kappa shape index (κ1) is 14.7. The molecule has 1 amide bonds. The predicted molar refractivity (Wildman–Crippen MR) is 81.1 cm³/mol. The van der Waals surface area contributed by atoms with Crippen molar-refractivity contribution in [2.75, 3.05) is 5.32 Å². The highest BCUT2D eigenvalue weighted by Gasteiger charge is 2.31. The Morgan fingerprint density at radius 2 is 1.87 bits per heavy atom. The second-order valence-electron chi connectivity index (χ2n) is 5.05. The van der Waals surface area contributed by atoms with E-state index in [1.165, 1.54) is 24.3 Å². The van der Waals surface area contributed by atoms with E-state index < -0.39 is 22.9 Å². The minimum absolute atomic E-state index is 0.0685.